The first-order valence-corrected chi connectivity index (χ1v) is 12.3. The molecule has 0 radical (unpaired) electrons. The topological polar surface area (TPSA) is 69.7 Å². The number of hydrogen-bond donors (Lipinski definition) is 0. The molecule has 2 aromatic rings. The van der Waals surface area contributed by atoms with Crippen molar-refractivity contribution in [3.8, 4) is 0 Å². The highest BCUT2D eigenvalue weighted by Gasteiger charge is 2.51. The van der Waals surface area contributed by atoms with Crippen LogP contribution in [0.1, 0.15) is 85.2 Å². The molecule has 0 aliphatic carbocycles. The largest absolute Gasteiger partial charge is 0.699 e. The first kappa shape index (κ1) is 26.1. The highest BCUT2D eigenvalue weighted by molar-refractivity contribution is 7.33. The fourth-order valence-electron chi connectivity index (χ4n) is 3.72. The Labute approximate surface area is 192 Å². The summed E-state index contributed by atoms with van der Waals surface area (Å²) in [7, 11) is -2.73. The van der Waals surface area contributed by atoms with Crippen molar-refractivity contribution in [1.29, 1.82) is 0 Å². The van der Waals surface area contributed by atoms with Crippen LogP contribution >= 0.6 is 8.25 Å². The molecule has 0 amide bonds. The summed E-state index contributed by atoms with van der Waals surface area (Å²) in [6, 6.07) is 14.4. The summed E-state index contributed by atoms with van der Waals surface area (Å²) in [5, 5.41) is 0. The normalized spacial score (nSPS) is 11.9. The van der Waals surface area contributed by atoms with Crippen LogP contribution < -0.4 is 0 Å². The molecule has 2 rings (SSSR count). The molecule has 0 heterocycles. The maximum absolute atomic E-state index is 13.3. The van der Waals surface area contributed by atoms with Crippen LogP contribution in [0.5, 0.6) is 0 Å². The van der Waals surface area contributed by atoms with Crippen LogP contribution in [0, 0.1) is 13.8 Å². The van der Waals surface area contributed by atoms with Crippen molar-refractivity contribution in [2.75, 3.05) is 0 Å². The summed E-state index contributed by atoms with van der Waals surface area (Å²) in [4.78, 5) is 26.6. The molecular weight excluding hydrogens is 423 g/mol. The SMILES string of the molecule is CCC(CC)(O[P+](=O)OC(CC)(CC)C(=O)c1ccc(C)cc1)C(=O)c1ccc(C)cc1. The number of Topliss-reactive ketones (excluding diaryl/α,β-unsaturated/α-hetero) is 2. The predicted octanol–water partition coefficient (Wildman–Crippen LogP) is 7.18. The van der Waals surface area contributed by atoms with E-state index in [4.69, 9.17) is 9.05 Å². The zero-order valence-corrected chi connectivity index (χ0v) is 20.8. The number of carbonyl (C=O) groups is 2. The van der Waals surface area contributed by atoms with Gasteiger partial charge in [-0.05, 0) is 39.5 Å². The van der Waals surface area contributed by atoms with E-state index in [1.807, 2.05) is 65.8 Å². The number of benzene rings is 2. The number of hydrogen-bond acceptors (Lipinski definition) is 5. The summed E-state index contributed by atoms with van der Waals surface area (Å²) < 4.78 is 24.8. The van der Waals surface area contributed by atoms with Gasteiger partial charge < -0.3 is 0 Å². The Morgan fingerprint density at radius 1 is 0.656 bits per heavy atom. The molecule has 172 valence electrons. The van der Waals surface area contributed by atoms with E-state index in [-0.39, 0.29) is 11.6 Å². The van der Waals surface area contributed by atoms with Crippen molar-refractivity contribution >= 4 is 19.8 Å². The van der Waals surface area contributed by atoms with E-state index in [0.29, 0.717) is 36.8 Å². The van der Waals surface area contributed by atoms with Crippen molar-refractivity contribution < 1.29 is 23.2 Å². The third-order valence-corrected chi connectivity index (χ3v) is 7.24. The highest BCUT2D eigenvalue weighted by atomic mass is 31.1. The van der Waals surface area contributed by atoms with Crippen LogP contribution in [-0.4, -0.2) is 22.8 Å². The molecule has 0 atom stereocenters. The van der Waals surface area contributed by atoms with E-state index in [2.05, 4.69) is 0 Å². The zero-order valence-electron chi connectivity index (χ0n) is 19.9. The van der Waals surface area contributed by atoms with Crippen molar-refractivity contribution in [2.45, 2.75) is 78.4 Å². The standard InChI is InChI=1S/C26H34O5P/c1-7-25(8-2,23(27)21-15-11-19(5)12-16-21)30-32(29)31-26(9-3,10-4)24(28)22-17-13-20(6)14-18-22/h11-18H,7-10H2,1-6H3/q+1. The summed E-state index contributed by atoms with van der Waals surface area (Å²) in [6.07, 6.45) is 1.32. The third kappa shape index (κ3) is 5.58. The van der Waals surface area contributed by atoms with E-state index in [0.717, 1.165) is 11.1 Å². The molecule has 0 fully saturated rings. The molecule has 0 aliphatic heterocycles. The van der Waals surface area contributed by atoms with Crippen LogP contribution in [0.4, 0.5) is 0 Å². The van der Waals surface area contributed by atoms with Crippen molar-refractivity contribution in [3.05, 3.63) is 70.8 Å². The minimum absolute atomic E-state index is 0.238. The van der Waals surface area contributed by atoms with Gasteiger partial charge in [-0.15, -0.1) is 9.05 Å². The first-order valence-electron chi connectivity index (χ1n) is 11.2. The molecule has 0 N–H and O–H groups in total. The van der Waals surface area contributed by atoms with Gasteiger partial charge in [0.1, 0.15) is 0 Å². The fourth-order valence-corrected chi connectivity index (χ4v) is 5.01. The Kier molecular flexibility index (Phi) is 9.03. The van der Waals surface area contributed by atoms with Gasteiger partial charge in [-0.3, -0.25) is 9.59 Å². The number of ketones is 2. The molecule has 0 aliphatic rings. The Morgan fingerprint density at radius 3 is 1.19 bits per heavy atom. The number of carbonyl (C=O) groups excluding carboxylic acids is 2. The molecule has 2 aromatic carbocycles. The summed E-state index contributed by atoms with van der Waals surface area (Å²) >= 11 is 0. The Morgan fingerprint density at radius 2 is 0.938 bits per heavy atom. The lowest BCUT2D eigenvalue weighted by Gasteiger charge is -2.26. The first-order chi connectivity index (χ1) is 15.2. The van der Waals surface area contributed by atoms with Gasteiger partial charge in [0.05, 0.1) is 0 Å². The minimum atomic E-state index is -2.73. The molecule has 6 heteroatoms. The van der Waals surface area contributed by atoms with Crippen molar-refractivity contribution in [1.82, 2.24) is 0 Å². The predicted molar refractivity (Wildman–Crippen MR) is 127 cm³/mol. The third-order valence-electron chi connectivity index (χ3n) is 6.24. The van der Waals surface area contributed by atoms with Crippen LogP contribution in [0.2, 0.25) is 0 Å². The lowest BCUT2D eigenvalue weighted by Crippen LogP contribution is -2.42. The second kappa shape index (κ2) is 11.1. The average Bonchev–Trinajstić information content (AvgIpc) is 2.81. The fraction of sp³-hybridized carbons (Fsp3) is 0.462. The van der Waals surface area contributed by atoms with Crippen molar-refractivity contribution in [3.63, 3.8) is 0 Å². The van der Waals surface area contributed by atoms with Crippen LogP contribution in [0.3, 0.4) is 0 Å². The lowest BCUT2D eigenvalue weighted by atomic mass is 9.88. The van der Waals surface area contributed by atoms with E-state index < -0.39 is 19.5 Å². The van der Waals surface area contributed by atoms with Gasteiger partial charge in [-0.25, -0.2) is 0 Å². The molecule has 0 unspecified atom stereocenters. The summed E-state index contributed by atoms with van der Waals surface area (Å²) in [5.74, 6) is -0.476. The van der Waals surface area contributed by atoms with Gasteiger partial charge in [0.25, 0.3) is 0 Å². The van der Waals surface area contributed by atoms with E-state index in [9.17, 15) is 14.2 Å². The number of aryl methyl sites for hydroxylation is 2. The smallest absolute Gasteiger partial charge is 0.291 e. The van der Waals surface area contributed by atoms with Crippen LogP contribution in [0.15, 0.2) is 48.5 Å². The van der Waals surface area contributed by atoms with Gasteiger partial charge in [-0.2, -0.15) is 0 Å². The van der Waals surface area contributed by atoms with E-state index in [1.54, 1.807) is 24.3 Å². The van der Waals surface area contributed by atoms with Crippen molar-refractivity contribution in [2.24, 2.45) is 0 Å². The van der Waals surface area contributed by atoms with Crippen LogP contribution in [0.25, 0.3) is 0 Å². The maximum Gasteiger partial charge on any atom is 0.699 e. The van der Waals surface area contributed by atoms with Gasteiger partial charge in [-0.1, -0.05) is 87.4 Å². The second-order valence-corrected chi connectivity index (χ2v) is 9.01. The van der Waals surface area contributed by atoms with Crippen LogP contribution in [-0.2, 0) is 13.6 Å². The van der Waals surface area contributed by atoms with Gasteiger partial charge >= 0.3 is 8.25 Å². The number of rotatable bonds is 12. The maximum atomic E-state index is 13.3. The molecular formula is C26H34O5P+. The Balaban J connectivity index is 2.29. The van der Waals surface area contributed by atoms with Gasteiger partial charge in [0.15, 0.2) is 22.8 Å². The highest BCUT2D eigenvalue weighted by Crippen LogP contribution is 2.43. The average molecular weight is 458 g/mol. The molecule has 0 aromatic heterocycles. The van der Waals surface area contributed by atoms with Gasteiger partial charge in [0.2, 0.25) is 0 Å². The molecule has 0 saturated heterocycles. The Hall–Kier alpha value is -2.20. The molecule has 5 nitrogen and oxygen atoms in total. The minimum Gasteiger partial charge on any atom is -0.291 e. The summed E-state index contributed by atoms with van der Waals surface area (Å²) in [5.41, 5.74) is 0.499. The molecule has 0 bridgehead atoms. The lowest BCUT2D eigenvalue weighted by molar-refractivity contribution is 0.0104. The molecule has 32 heavy (non-hydrogen) atoms. The molecule has 0 saturated carbocycles. The summed E-state index contributed by atoms with van der Waals surface area (Å²) in [6.45, 7) is 11.2. The van der Waals surface area contributed by atoms with Gasteiger partial charge in [0, 0.05) is 15.7 Å². The second-order valence-electron chi connectivity index (χ2n) is 8.20. The van der Waals surface area contributed by atoms with E-state index >= 15 is 0 Å². The molecule has 0 spiro atoms. The quantitative estimate of drug-likeness (QED) is 0.249. The van der Waals surface area contributed by atoms with E-state index in [1.165, 1.54) is 0 Å². The monoisotopic (exact) mass is 457 g/mol. The zero-order chi connectivity index (χ0) is 23.9. The Bertz CT molecular complexity index is 862.